The maximum atomic E-state index is 13.0. The third-order valence-electron chi connectivity index (χ3n) is 8.53. The standard InChI is InChI=1S/C38H48N4O3/c1-7-29(8-2)31-15-20-35(21-16-31)42(27(5)6)23-28-9-11-32(12-10-28)36-22-19-34(39-36)24-41(25-37(43)44)38(45)40-33-17-13-30(14-18-33)26(3)4/h9-18,20-22,26-27,29H,7-8,19,23-25H2,1-6H3,(H,40,45)(H,43,44). The molecule has 0 radical (unpaired) electrons. The predicted molar refractivity (Wildman–Crippen MR) is 186 cm³/mol. The molecule has 0 aliphatic carbocycles. The number of nitrogens with zero attached hydrogens (tertiary/aromatic N) is 3. The Bertz CT molecular complexity index is 1490. The highest BCUT2D eigenvalue weighted by Gasteiger charge is 2.21. The van der Waals surface area contributed by atoms with E-state index in [1.165, 1.54) is 27.3 Å². The normalized spacial score (nSPS) is 12.8. The zero-order chi connectivity index (χ0) is 32.5. The molecule has 3 aromatic rings. The molecule has 0 atom stereocenters. The minimum absolute atomic E-state index is 0.139. The summed E-state index contributed by atoms with van der Waals surface area (Å²) in [4.78, 5) is 33.1. The smallest absolute Gasteiger partial charge is 0.323 e. The number of benzene rings is 3. The van der Waals surface area contributed by atoms with Gasteiger partial charge in [0.1, 0.15) is 6.54 Å². The van der Waals surface area contributed by atoms with Crippen molar-refractivity contribution >= 4 is 34.8 Å². The lowest BCUT2D eigenvalue weighted by molar-refractivity contribution is -0.137. The topological polar surface area (TPSA) is 85.2 Å². The van der Waals surface area contributed by atoms with E-state index < -0.39 is 18.5 Å². The Labute approximate surface area is 268 Å². The highest BCUT2D eigenvalue weighted by Crippen LogP contribution is 2.28. The molecule has 3 aromatic carbocycles. The molecule has 2 amide bonds. The summed E-state index contributed by atoms with van der Waals surface area (Å²) in [6.45, 7) is 13.7. The predicted octanol–water partition coefficient (Wildman–Crippen LogP) is 8.93. The fraction of sp³-hybridized carbons (Fsp3) is 0.395. The largest absolute Gasteiger partial charge is 0.480 e. The summed E-state index contributed by atoms with van der Waals surface area (Å²) in [6.07, 6.45) is 4.91. The van der Waals surface area contributed by atoms with Gasteiger partial charge in [0.15, 0.2) is 0 Å². The van der Waals surface area contributed by atoms with Gasteiger partial charge in [0, 0.05) is 36.1 Å². The Morgan fingerprint density at radius 2 is 1.47 bits per heavy atom. The molecule has 1 heterocycles. The molecule has 0 aromatic heterocycles. The molecule has 0 unspecified atom stereocenters. The molecule has 1 aliphatic rings. The van der Waals surface area contributed by atoms with Crippen LogP contribution in [0.25, 0.3) is 5.70 Å². The molecular weight excluding hydrogens is 560 g/mol. The molecule has 7 heteroatoms. The molecule has 0 bridgehead atoms. The average Bonchev–Trinajstić information content (AvgIpc) is 3.49. The SMILES string of the molecule is CCC(CC)c1ccc(N(Cc2ccc(C3=CCC(CN(CC(=O)O)C(=O)Nc4ccc(C(C)C)cc4)=N3)cc2)C(C)C)cc1. The number of allylic oxidation sites excluding steroid dienone is 1. The van der Waals surface area contributed by atoms with Gasteiger partial charge < -0.3 is 20.2 Å². The van der Waals surface area contributed by atoms with Crippen LogP contribution in [0.5, 0.6) is 0 Å². The van der Waals surface area contributed by atoms with Gasteiger partial charge in [-0.15, -0.1) is 0 Å². The van der Waals surface area contributed by atoms with Crippen LogP contribution in [0.15, 0.2) is 83.9 Å². The molecule has 45 heavy (non-hydrogen) atoms. The van der Waals surface area contributed by atoms with Crippen LogP contribution in [0, 0.1) is 0 Å². The summed E-state index contributed by atoms with van der Waals surface area (Å²) in [6, 6.07) is 25.0. The zero-order valence-corrected chi connectivity index (χ0v) is 27.6. The van der Waals surface area contributed by atoms with Crippen molar-refractivity contribution in [2.45, 2.75) is 85.2 Å². The Morgan fingerprint density at radius 1 is 0.844 bits per heavy atom. The van der Waals surface area contributed by atoms with Gasteiger partial charge in [-0.1, -0.05) is 82.3 Å². The molecule has 0 saturated heterocycles. The van der Waals surface area contributed by atoms with Crippen molar-refractivity contribution in [1.29, 1.82) is 0 Å². The molecule has 238 valence electrons. The summed E-state index contributed by atoms with van der Waals surface area (Å²) in [5.74, 6) is -0.0781. The van der Waals surface area contributed by atoms with Crippen LogP contribution in [0.3, 0.4) is 0 Å². The number of rotatable bonds is 14. The number of aliphatic imine (C=N–C) groups is 1. The number of aliphatic carboxylic acids is 1. The monoisotopic (exact) mass is 608 g/mol. The van der Waals surface area contributed by atoms with Gasteiger partial charge in [-0.05, 0) is 85.0 Å². The highest BCUT2D eigenvalue weighted by atomic mass is 16.4. The summed E-state index contributed by atoms with van der Waals surface area (Å²) in [5, 5.41) is 12.3. The fourth-order valence-corrected chi connectivity index (χ4v) is 5.74. The van der Waals surface area contributed by atoms with Gasteiger partial charge >= 0.3 is 12.0 Å². The number of hydrogen-bond acceptors (Lipinski definition) is 4. The molecule has 4 rings (SSSR count). The molecule has 0 fully saturated rings. The fourth-order valence-electron chi connectivity index (χ4n) is 5.74. The summed E-state index contributed by atoms with van der Waals surface area (Å²) < 4.78 is 0. The molecule has 0 spiro atoms. The quantitative estimate of drug-likeness (QED) is 0.191. The number of nitrogens with one attached hydrogen (secondary N) is 1. The molecule has 1 aliphatic heterocycles. The maximum absolute atomic E-state index is 13.0. The first kappa shape index (κ1) is 33.5. The van der Waals surface area contributed by atoms with Crippen LogP contribution in [0.1, 0.15) is 94.9 Å². The average molecular weight is 609 g/mol. The number of carboxylic acid groups (broad SMARTS) is 1. The summed E-state index contributed by atoms with van der Waals surface area (Å²) >= 11 is 0. The highest BCUT2D eigenvalue weighted by molar-refractivity contribution is 6.00. The first-order valence-corrected chi connectivity index (χ1v) is 16.2. The second-order valence-corrected chi connectivity index (χ2v) is 12.5. The lowest BCUT2D eigenvalue weighted by atomic mass is 9.94. The third kappa shape index (κ3) is 9.07. The Kier molecular flexibility index (Phi) is 11.6. The number of hydrogen-bond donors (Lipinski definition) is 2. The van der Waals surface area contributed by atoms with Crippen molar-refractivity contribution in [3.8, 4) is 0 Å². The van der Waals surface area contributed by atoms with E-state index in [1.54, 1.807) is 0 Å². The molecule has 2 N–H and O–H groups in total. The maximum Gasteiger partial charge on any atom is 0.323 e. The van der Waals surface area contributed by atoms with Crippen LogP contribution in [-0.4, -0.2) is 46.8 Å². The van der Waals surface area contributed by atoms with Gasteiger partial charge in [0.2, 0.25) is 0 Å². The lowest BCUT2D eigenvalue weighted by Crippen LogP contribution is -2.41. The molecule has 7 nitrogen and oxygen atoms in total. The van der Waals surface area contributed by atoms with Crippen molar-refractivity contribution in [2.24, 2.45) is 4.99 Å². The van der Waals surface area contributed by atoms with Crippen molar-refractivity contribution in [1.82, 2.24) is 4.90 Å². The Balaban J connectivity index is 1.40. The number of urea groups is 1. The Morgan fingerprint density at radius 3 is 2.02 bits per heavy atom. The Hall–Kier alpha value is -4.39. The van der Waals surface area contributed by atoms with Crippen LogP contribution >= 0.6 is 0 Å². The number of carbonyl (C=O) groups is 2. The van der Waals surface area contributed by atoms with Crippen molar-refractivity contribution in [3.63, 3.8) is 0 Å². The van der Waals surface area contributed by atoms with Gasteiger partial charge in [-0.3, -0.25) is 9.79 Å². The third-order valence-corrected chi connectivity index (χ3v) is 8.53. The van der Waals surface area contributed by atoms with Gasteiger partial charge in [-0.2, -0.15) is 0 Å². The van der Waals surface area contributed by atoms with Gasteiger partial charge in [-0.25, -0.2) is 4.79 Å². The minimum Gasteiger partial charge on any atom is -0.480 e. The van der Waals surface area contributed by atoms with Gasteiger partial charge in [0.25, 0.3) is 0 Å². The van der Waals surface area contributed by atoms with E-state index in [2.05, 4.69) is 100 Å². The second-order valence-electron chi connectivity index (χ2n) is 12.5. The van der Waals surface area contributed by atoms with Crippen molar-refractivity contribution < 1.29 is 14.7 Å². The van der Waals surface area contributed by atoms with E-state index in [-0.39, 0.29) is 6.54 Å². The molecule has 0 saturated carbocycles. The van der Waals surface area contributed by atoms with E-state index in [9.17, 15) is 14.7 Å². The lowest BCUT2D eigenvalue weighted by Gasteiger charge is -2.30. The van der Waals surface area contributed by atoms with Gasteiger partial charge in [0.05, 0.1) is 12.2 Å². The first-order valence-electron chi connectivity index (χ1n) is 16.2. The van der Waals surface area contributed by atoms with E-state index >= 15 is 0 Å². The van der Waals surface area contributed by atoms with E-state index in [1.807, 2.05) is 30.3 Å². The van der Waals surface area contributed by atoms with Crippen LogP contribution in [0.2, 0.25) is 0 Å². The number of anilines is 2. The summed E-state index contributed by atoms with van der Waals surface area (Å²) in [7, 11) is 0. The molecular formula is C38H48N4O3. The van der Waals surface area contributed by atoms with Crippen LogP contribution in [-0.2, 0) is 11.3 Å². The second kappa shape index (κ2) is 15.6. The van der Waals surface area contributed by atoms with Crippen molar-refractivity contribution in [2.75, 3.05) is 23.3 Å². The van der Waals surface area contributed by atoms with Crippen LogP contribution in [0.4, 0.5) is 16.2 Å². The minimum atomic E-state index is -1.07. The number of carboxylic acids is 1. The van der Waals surface area contributed by atoms with Crippen LogP contribution < -0.4 is 10.2 Å². The first-order chi connectivity index (χ1) is 21.6. The van der Waals surface area contributed by atoms with E-state index in [4.69, 9.17) is 4.99 Å². The zero-order valence-electron chi connectivity index (χ0n) is 27.6. The number of carbonyl (C=O) groups excluding carboxylic acids is 1. The van der Waals surface area contributed by atoms with E-state index in [0.717, 1.165) is 36.4 Å². The van der Waals surface area contributed by atoms with E-state index in [0.29, 0.717) is 30.0 Å². The summed E-state index contributed by atoms with van der Waals surface area (Å²) in [5.41, 5.74) is 8.23. The van der Waals surface area contributed by atoms with Crippen molar-refractivity contribution in [3.05, 3.63) is 101 Å². The number of amides is 2.